The summed E-state index contributed by atoms with van der Waals surface area (Å²) in [5, 5.41) is 6.16. The lowest BCUT2D eigenvalue weighted by Crippen LogP contribution is -2.37. The Kier molecular flexibility index (Phi) is 4.83. The lowest BCUT2D eigenvalue weighted by Gasteiger charge is -2.11. The second-order valence-corrected chi connectivity index (χ2v) is 5.43. The minimum atomic E-state index is -0.359. The summed E-state index contributed by atoms with van der Waals surface area (Å²) >= 11 is 0. The molecular weight excluding hydrogens is 306 g/mol. The summed E-state index contributed by atoms with van der Waals surface area (Å²) in [4.78, 5) is 36.9. The van der Waals surface area contributed by atoms with Crippen molar-refractivity contribution in [2.24, 2.45) is 0 Å². The van der Waals surface area contributed by atoms with E-state index < -0.39 is 0 Å². The molecule has 2 aliphatic heterocycles. The van der Waals surface area contributed by atoms with E-state index >= 15 is 0 Å². The van der Waals surface area contributed by atoms with Gasteiger partial charge in [-0.3, -0.25) is 19.3 Å². The Balaban J connectivity index is 0.00000176. The van der Waals surface area contributed by atoms with Gasteiger partial charge in [0.15, 0.2) is 0 Å². The van der Waals surface area contributed by atoms with Crippen molar-refractivity contribution in [1.29, 1.82) is 0 Å². The number of benzene rings is 1. The average Bonchev–Trinajstić information content (AvgIpc) is 3.09. The summed E-state index contributed by atoms with van der Waals surface area (Å²) in [6.45, 7) is 1.56. The van der Waals surface area contributed by atoms with Crippen molar-refractivity contribution in [3.8, 4) is 0 Å². The predicted molar refractivity (Wildman–Crippen MR) is 83.5 cm³/mol. The van der Waals surface area contributed by atoms with Crippen molar-refractivity contribution >= 4 is 30.1 Å². The molecule has 118 valence electrons. The Bertz CT molecular complexity index is 626. The molecule has 1 fully saturated rings. The van der Waals surface area contributed by atoms with Crippen molar-refractivity contribution in [2.45, 2.75) is 18.9 Å². The van der Waals surface area contributed by atoms with Crippen LogP contribution in [0.1, 0.15) is 43.9 Å². The van der Waals surface area contributed by atoms with Gasteiger partial charge in [0, 0.05) is 25.2 Å². The molecule has 0 bridgehead atoms. The Morgan fingerprint density at radius 1 is 1.32 bits per heavy atom. The number of carbonyl (C=O) groups is 3. The molecule has 22 heavy (non-hydrogen) atoms. The third kappa shape index (κ3) is 2.84. The highest BCUT2D eigenvalue weighted by Crippen LogP contribution is 2.22. The highest BCUT2D eigenvalue weighted by Gasteiger charge is 2.33. The van der Waals surface area contributed by atoms with Crippen LogP contribution in [0.25, 0.3) is 0 Å². The van der Waals surface area contributed by atoms with Gasteiger partial charge >= 0.3 is 0 Å². The van der Waals surface area contributed by atoms with E-state index in [9.17, 15) is 14.4 Å². The van der Waals surface area contributed by atoms with E-state index in [-0.39, 0.29) is 30.1 Å². The molecule has 2 N–H and O–H groups in total. The van der Waals surface area contributed by atoms with Gasteiger partial charge in [0.1, 0.15) is 0 Å². The molecule has 2 aliphatic rings. The van der Waals surface area contributed by atoms with Crippen LogP contribution in [0, 0.1) is 0 Å². The van der Waals surface area contributed by atoms with E-state index in [0.29, 0.717) is 29.3 Å². The number of nitrogens with one attached hydrogen (secondary N) is 2. The van der Waals surface area contributed by atoms with E-state index in [1.165, 1.54) is 13.1 Å². The van der Waals surface area contributed by atoms with E-state index in [1.807, 2.05) is 0 Å². The quantitative estimate of drug-likeness (QED) is 0.807. The van der Waals surface area contributed by atoms with E-state index in [0.717, 1.165) is 24.3 Å². The van der Waals surface area contributed by atoms with Crippen LogP contribution >= 0.6 is 12.4 Å². The molecule has 0 saturated carbocycles. The molecule has 3 rings (SSSR count). The van der Waals surface area contributed by atoms with Crippen LogP contribution in [0.3, 0.4) is 0 Å². The largest absolute Gasteiger partial charge is 0.350 e. The zero-order valence-electron chi connectivity index (χ0n) is 12.2. The first-order valence-corrected chi connectivity index (χ1v) is 7.06. The fourth-order valence-electron chi connectivity index (χ4n) is 2.75. The van der Waals surface area contributed by atoms with Crippen molar-refractivity contribution < 1.29 is 14.4 Å². The number of amides is 3. The molecule has 2 heterocycles. The first kappa shape index (κ1) is 16.5. The number of nitrogens with zero attached hydrogens (tertiary/aromatic N) is 1. The van der Waals surface area contributed by atoms with Gasteiger partial charge in [-0.05, 0) is 37.6 Å². The minimum absolute atomic E-state index is 0. The second-order valence-electron chi connectivity index (χ2n) is 5.43. The Labute approximate surface area is 134 Å². The number of carbonyl (C=O) groups excluding carboxylic acids is 3. The normalized spacial score (nSPS) is 19.9. The predicted octanol–water partition coefficient (Wildman–Crippen LogP) is 0.816. The fourth-order valence-corrected chi connectivity index (χ4v) is 2.75. The maximum Gasteiger partial charge on any atom is 0.261 e. The minimum Gasteiger partial charge on any atom is -0.350 e. The Morgan fingerprint density at radius 2 is 2.05 bits per heavy atom. The summed E-state index contributed by atoms with van der Waals surface area (Å²) in [5.74, 6) is -0.902. The number of halogens is 1. The Hall–Kier alpha value is -1.92. The highest BCUT2D eigenvalue weighted by molar-refractivity contribution is 6.21. The van der Waals surface area contributed by atoms with Gasteiger partial charge in [-0.25, -0.2) is 0 Å². The van der Waals surface area contributed by atoms with Crippen LogP contribution in [-0.2, 0) is 0 Å². The molecule has 1 unspecified atom stereocenters. The van der Waals surface area contributed by atoms with Crippen LogP contribution in [0.15, 0.2) is 18.2 Å². The first-order chi connectivity index (χ1) is 10.1. The number of hydrogen-bond acceptors (Lipinski definition) is 4. The van der Waals surface area contributed by atoms with E-state index in [1.54, 1.807) is 12.1 Å². The monoisotopic (exact) mass is 323 g/mol. The average molecular weight is 324 g/mol. The third-order valence-corrected chi connectivity index (χ3v) is 4.02. The molecule has 6 nitrogen and oxygen atoms in total. The number of imide groups is 1. The smallest absolute Gasteiger partial charge is 0.261 e. The SMILES string of the molecule is CN1C(=O)c2ccc(C(=O)NCC3CCCN3)cc2C1=O.Cl. The third-order valence-electron chi connectivity index (χ3n) is 4.02. The molecule has 0 radical (unpaired) electrons. The molecular formula is C15H18ClN3O3. The van der Waals surface area contributed by atoms with Crippen LogP contribution in [0.2, 0.25) is 0 Å². The van der Waals surface area contributed by atoms with E-state index in [4.69, 9.17) is 0 Å². The van der Waals surface area contributed by atoms with Crippen LogP contribution < -0.4 is 10.6 Å². The molecule has 0 aliphatic carbocycles. The fraction of sp³-hybridized carbons (Fsp3) is 0.400. The van der Waals surface area contributed by atoms with Gasteiger partial charge < -0.3 is 10.6 Å². The lowest BCUT2D eigenvalue weighted by atomic mass is 10.1. The molecule has 1 aromatic rings. The van der Waals surface area contributed by atoms with Gasteiger partial charge in [0.25, 0.3) is 17.7 Å². The number of fused-ring (bicyclic) bond motifs is 1. The van der Waals surface area contributed by atoms with Crippen LogP contribution in [0.4, 0.5) is 0 Å². The van der Waals surface area contributed by atoms with E-state index in [2.05, 4.69) is 10.6 Å². The zero-order valence-corrected chi connectivity index (χ0v) is 13.0. The topological polar surface area (TPSA) is 78.5 Å². The van der Waals surface area contributed by atoms with Crippen molar-refractivity contribution in [3.63, 3.8) is 0 Å². The van der Waals surface area contributed by atoms with Gasteiger partial charge in [-0.2, -0.15) is 0 Å². The molecule has 1 aromatic carbocycles. The van der Waals surface area contributed by atoms with Crippen LogP contribution in [0.5, 0.6) is 0 Å². The summed E-state index contributed by atoms with van der Waals surface area (Å²) in [7, 11) is 1.44. The lowest BCUT2D eigenvalue weighted by molar-refractivity contribution is 0.0693. The highest BCUT2D eigenvalue weighted by atomic mass is 35.5. The van der Waals surface area contributed by atoms with Gasteiger partial charge in [-0.1, -0.05) is 0 Å². The van der Waals surface area contributed by atoms with Crippen molar-refractivity contribution in [3.05, 3.63) is 34.9 Å². The molecule has 7 heteroatoms. The summed E-state index contributed by atoms with van der Waals surface area (Å²) in [5.41, 5.74) is 1.06. The molecule has 0 spiro atoms. The molecule has 1 atom stereocenters. The van der Waals surface area contributed by atoms with Crippen molar-refractivity contribution in [2.75, 3.05) is 20.1 Å². The molecule has 1 saturated heterocycles. The zero-order chi connectivity index (χ0) is 15.0. The standard InChI is InChI=1S/C15H17N3O3.ClH/c1-18-14(20)11-5-4-9(7-12(11)15(18)21)13(19)17-8-10-3-2-6-16-10;/h4-5,7,10,16H,2-3,6,8H2,1H3,(H,17,19);1H. The maximum atomic E-state index is 12.1. The number of hydrogen-bond donors (Lipinski definition) is 2. The van der Waals surface area contributed by atoms with Crippen molar-refractivity contribution in [1.82, 2.24) is 15.5 Å². The van der Waals surface area contributed by atoms with Crippen LogP contribution in [-0.4, -0.2) is 48.8 Å². The first-order valence-electron chi connectivity index (χ1n) is 7.06. The Morgan fingerprint density at radius 3 is 2.73 bits per heavy atom. The summed E-state index contributed by atoms with van der Waals surface area (Å²) in [6.07, 6.45) is 2.19. The molecule has 0 aromatic heterocycles. The maximum absolute atomic E-state index is 12.1. The second kappa shape index (κ2) is 6.46. The van der Waals surface area contributed by atoms with Gasteiger partial charge in [0.05, 0.1) is 11.1 Å². The summed E-state index contributed by atoms with van der Waals surface area (Å²) in [6, 6.07) is 4.94. The summed E-state index contributed by atoms with van der Waals surface area (Å²) < 4.78 is 0. The van der Waals surface area contributed by atoms with Gasteiger partial charge in [-0.15, -0.1) is 12.4 Å². The van der Waals surface area contributed by atoms with Gasteiger partial charge in [0.2, 0.25) is 0 Å². The number of rotatable bonds is 3. The molecule has 3 amide bonds.